The molecule has 0 heterocycles. The Balaban J connectivity index is 2.31. The minimum absolute atomic E-state index is 0.219. The van der Waals surface area contributed by atoms with E-state index in [-0.39, 0.29) is 6.04 Å². The second-order valence-corrected chi connectivity index (χ2v) is 5.57. The lowest BCUT2D eigenvalue weighted by molar-refractivity contribution is 0.405. The number of hydrogen-bond donors (Lipinski definition) is 1. The van der Waals surface area contributed by atoms with Crippen LogP contribution >= 0.6 is 23.2 Å². The van der Waals surface area contributed by atoms with E-state index in [4.69, 9.17) is 33.7 Å². The van der Waals surface area contributed by atoms with Gasteiger partial charge in [0.25, 0.3) is 0 Å². The minimum atomic E-state index is -0.219. The molecule has 0 amide bonds. The van der Waals surface area contributed by atoms with Crippen molar-refractivity contribution in [2.45, 2.75) is 19.4 Å². The summed E-state index contributed by atoms with van der Waals surface area (Å²) in [6.07, 6.45) is 0.567. The van der Waals surface area contributed by atoms with Crippen LogP contribution in [0.2, 0.25) is 10.0 Å². The summed E-state index contributed by atoms with van der Waals surface area (Å²) >= 11 is 12.4. The molecule has 0 saturated carbocycles. The number of methoxy groups -OCH3 is 1. The summed E-state index contributed by atoms with van der Waals surface area (Å²) in [6.45, 7) is 2.02. The van der Waals surface area contributed by atoms with E-state index in [0.29, 0.717) is 16.5 Å². The summed E-state index contributed by atoms with van der Waals surface area (Å²) in [5.74, 6) is 0.792. The van der Waals surface area contributed by atoms with Crippen molar-refractivity contribution in [2.24, 2.45) is 5.73 Å². The molecule has 106 valence electrons. The average molecular weight is 310 g/mol. The van der Waals surface area contributed by atoms with Crippen molar-refractivity contribution >= 4 is 23.2 Å². The van der Waals surface area contributed by atoms with E-state index < -0.39 is 0 Å². The van der Waals surface area contributed by atoms with Crippen LogP contribution in [0.15, 0.2) is 36.4 Å². The van der Waals surface area contributed by atoms with Crippen molar-refractivity contribution in [3.8, 4) is 5.75 Å². The zero-order chi connectivity index (χ0) is 14.7. The highest BCUT2D eigenvalue weighted by Crippen LogP contribution is 2.32. The highest BCUT2D eigenvalue weighted by Gasteiger charge is 2.16. The van der Waals surface area contributed by atoms with E-state index in [1.165, 1.54) is 0 Å². The molecule has 2 aromatic carbocycles. The largest absolute Gasteiger partial charge is 0.496 e. The van der Waals surface area contributed by atoms with Crippen molar-refractivity contribution in [3.05, 3.63) is 63.1 Å². The highest BCUT2D eigenvalue weighted by atomic mass is 35.5. The van der Waals surface area contributed by atoms with Crippen LogP contribution in [0.1, 0.15) is 22.7 Å². The molecule has 0 aliphatic heterocycles. The number of ether oxygens (including phenoxy) is 1. The van der Waals surface area contributed by atoms with Gasteiger partial charge >= 0.3 is 0 Å². The quantitative estimate of drug-likeness (QED) is 0.899. The molecule has 0 aromatic heterocycles. The molecule has 0 saturated heterocycles. The summed E-state index contributed by atoms with van der Waals surface area (Å²) in [5, 5.41) is 1.28. The molecule has 2 rings (SSSR count). The van der Waals surface area contributed by atoms with Crippen LogP contribution in [0, 0.1) is 6.92 Å². The lowest BCUT2D eigenvalue weighted by Crippen LogP contribution is -2.15. The van der Waals surface area contributed by atoms with Gasteiger partial charge in [-0.2, -0.15) is 0 Å². The Hall–Kier alpha value is -1.22. The van der Waals surface area contributed by atoms with Crippen LogP contribution in [0.3, 0.4) is 0 Å². The van der Waals surface area contributed by atoms with Crippen molar-refractivity contribution in [1.29, 1.82) is 0 Å². The van der Waals surface area contributed by atoms with E-state index in [2.05, 4.69) is 0 Å². The molecule has 0 fully saturated rings. The molecule has 1 atom stereocenters. The zero-order valence-electron chi connectivity index (χ0n) is 11.5. The van der Waals surface area contributed by atoms with Crippen molar-refractivity contribution in [1.82, 2.24) is 0 Å². The zero-order valence-corrected chi connectivity index (χ0v) is 13.0. The van der Waals surface area contributed by atoms with Crippen LogP contribution in [0.5, 0.6) is 5.75 Å². The Morgan fingerprint density at radius 3 is 2.40 bits per heavy atom. The molecule has 2 nitrogen and oxygen atoms in total. The van der Waals surface area contributed by atoms with Gasteiger partial charge in [-0.05, 0) is 42.7 Å². The molecule has 1 unspecified atom stereocenters. The first-order valence-electron chi connectivity index (χ1n) is 6.36. The third-order valence-corrected chi connectivity index (χ3v) is 3.98. The molecule has 0 aliphatic carbocycles. The smallest absolute Gasteiger partial charge is 0.123 e. The van der Waals surface area contributed by atoms with Gasteiger partial charge in [0, 0.05) is 21.7 Å². The van der Waals surface area contributed by atoms with E-state index in [1.807, 2.05) is 43.3 Å². The number of rotatable bonds is 4. The monoisotopic (exact) mass is 309 g/mol. The number of halogens is 2. The fourth-order valence-corrected chi connectivity index (χ4v) is 2.73. The first-order valence-corrected chi connectivity index (χ1v) is 7.11. The van der Waals surface area contributed by atoms with Gasteiger partial charge in [0.15, 0.2) is 0 Å². The van der Waals surface area contributed by atoms with Gasteiger partial charge in [0.1, 0.15) is 5.75 Å². The fraction of sp³-hybridized carbons (Fsp3) is 0.250. The molecule has 20 heavy (non-hydrogen) atoms. The Labute approximate surface area is 129 Å². The molecular formula is C16H17Cl2NO. The Bertz CT molecular complexity index is 593. The van der Waals surface area contributed by atoms with Gasteiger partial charge in [-0.15, -0.1) is 0 Å². The van der Waals surface area contributed by atoms with Gasteiger partial charge in [0.2, 0.25) is 0 Å². The van der Waals surface area contributed by atoms with Gasteiger partial charge in [0.05, 0.1) is 7.11 Å². The SMILES string of the molecule is COc1cc(C)ccc1C(N)Cc1c(Cl)cccc1Cl. The molecule has 0 spiro atoms. The molecule has 4 heteroatoms. The number of nitrogens with two attached hydrogens (primary N) is 1. The van der Waals surface area contributed by atoms with Crippen LogP contribution < -0.4 is 10.5 Å². The van der Waals surface area contributed by atoms with Crippen molar-refractivity contribution in [3.63, 3.8) is 0 Å². The fourth-order valence-electron chi connectivity index (χ4n) is 2.18. The molecular weight excluding hydrogens is 293 g/mol. The second-order valence-electron chi connectivity index (χ2n) is 4.76. The maximum absolute atomic E-state index is 6.29. The molecule has 0 radical (unpaired) electrons. The summed E-state index contributed by atoms with van der Waals surface area (Å²) in [4.78, 5) is 0. The van der Waals surface area contributed by atoms with Crippen molar-refractivity contribution < 1.29 is 4.74 Å². The number of hydrogen-bond acceptors (Lipinski definition) is 2. The summed E-state index contributed by atoms with van der Waals surface area (Å²) in [6, 6.07) is 11.2. The molecule has 0 aliphatic rings. The lowest BCUT2D eigenvalue weighted by Gasteiger charge is -2.17. The van der Waals surface area contributed by atoms with Gasteiger partial charge in [-0.1, -0.05) is 41.4 Å². The topological polar surface area (TPSA) is 35.2 Å². The third-order valence-electron chi connectivity index (χ3n) is 3.27. The maximum Gasteiger partial charge on any atom is 0.123 e. The summed E-state index contributed by atoms with van der Waals surface area (Å²) in [5.41, 5.74) is 9.25. The minimum Gasteiger partial charge on any atom is -0.496 e. The molecule has 2 aromatic rings. The third kappa shape index (κ3) is 3.26. The van der Waals surface area contributed by atoms with E-state index in [0.717, 1.165) is 22.4 Å². The standard InChI is InChI=1S/C16H17Cl2NO/c1-10-6-7-11(16(8-10)20-2)15(19)9-12-13(17)4-3-5-14(12)18/h3-8,15H,9,19H2,1-2H3. The first kappa shape index (κ1) is 15.2. The Kier molecular flexibility index (Phi) is 4.92. The van der Waals surface area contributed by atoms with Crippen LogP contribution in [-0.4, -0.2) is 7.11 Å². The van der Waals surface area contributed by atoms with E-state index >= 15 is 0 Å². The van der Waals surface area contributed by atoms with Crippen LogP contribution in [0.25, 0.3) is 0 Å². The van der Waals surface area contributed by atoms with Gasteiger partial charge < -0.3 is 10.5 Å². The molecule has 2 N–H and O–H groups in total. The van der Waals surface area contributed by atoms with Crippen LogP contribution in [-0.2, 0) is 6.42 Å². The predicted octanol–water partition coefficient (Wildman–Crippen LogP) is 4.55. The first-order chi connectivity index (χ1) is 9.52. The van der Waals surface area contributed by atoms with E-state index in [9.17, 15) is 0 Å². The summed E-state index contributed by atoms with van der Waals surface area (Å²) in [7, 11) is 1.65. The predicted molar refractivity (Wildman–Crippen MR) is 84.8 cm³/mol. The highest BCUT2D eigenvalue weighted by molar-refractivity contribution is 6.36. The summed E-state index contributed by atoms with van der Waals surface area (Å²) < 4.78 is 5.40. The maximum atomic E-state index is 6.29. The Morgan fingerprint density at radius 1 is 1.15 bits per heavy atom. The van der Waals surface area contributed by atoms with E-state index in [1.54, 1.807) is 7.11 Å². The lowest BCUT2D eigenvalue weighted by atomic mass is 9.98. The average Bonchev–Trinajstić information content (AvgIpc) is 2.42. The Morgan fingerprint density at radius 2 is 1.80 bits per heavy atom. The second kappa shape index (κ2) is 6.49. The molecule has 0 bridgehead atoms. The van der Waals surface area contributed by atoms with Crippen molar-refractivity contribution in [2.75, 3.05) is 7.11 Å². The number of aryl methyl sites for hydroxylation is 1. The number of benzene rings is 2. The van der Waals surface area contributed by atoms with Crippen LogP contribution in [0.4, 0.5) is 0 Å². The van der Waals surface area contributed by atoms with Gasteiger partial charge in [-0.25, -0.2) is 0 Å². The van der Waals surface area contributed by atoms with Gasteiger partial charge in [-0.3, -0.25) is 0 Å². The normalized spacial score (nSPS) is 12.2.